The van der Waals surface area contributed by atoms with Crippen molar-refractivity contribution in [3.8, 4) is 11.8 Å². The number of carboxylic acids is 1. The second-order valence-electron chi connectivity index (χ2n) is 4.17. The van der Waals surface area contributed by atoms with Gasteiger partial charge in [0.1, 0.15) is 5.69 Å². The van der Waals surface area contributed by atoms with E-state index in [1.165, 1.54) is 18.2 Å². The van der Waals surface area contributed by atoms with Crippen LogP contribution in [0.3, 0.4) is 0 Å². The molecule has 0 spiro atoms. The third-order valence-corrected chi connectivity index (χ3v) is 2.87. The lowest BCUT2D eigenvalue weighted by atomic mass is 10.1. The molecule has 1 aromatic carbocycles. The number of hydrogen-bond donors (Lipinski definition) is 1. The van der Waals surface area contributed by atoms with Gasteiger partial charge in [0.2, 0.25) is 0 Å². The number of nitrogens with zero attached hydrogens (tertiary/aromatic N) is 3. The van der Waals surface area contributed by atoms with Gasteiger partial charge in [-0.05, 0) is 18.1 Å². The van der Waals surface area contributed by atoms with Crippen LogP contribution in [-0.4, -0.2) is 25.4 Å². The summed E-state index contributed by atoms with van der Waals surface area (Å²) >= 11 is 0. The summed E-state index contributed by atoms with van der Waals surface area (Å²) < 4.78 is 15.7. The fraction of sp³-hybridized carbons (Fsp3) is 0. The molecule has 102 valence electrons. The third kappa shape index (κ3) is 2.32. The minimum atomic E-state index is -1.32. The molecule has 2 aromatic heterocycles. The largest absolute Gasteiger partial charge is 0.478 e. The predicted molar refractivity (Wildman–Crippen MR) is 72.3 cm³/mol. The zero-order valence-corrected chi connectivity index (χ0v) is 10.6. The van der Waals surface area contributed by atoms with Crippen molar-refractivity contribution in [2.24, 2.45) is 0 Å². The zero-order chi connectivity index (χ0) is 14.8. The first-order chi connectivity index (χ1) is 10.2. The van der Waals surface area contributed by atoms with Gasteiger partial charge >= 0.3 is 5.97 Å². The zero-order valence-electron chi connectivity index (χ0n) is 10.6. The van der Waals surface area contributed by atoms with Crippen LogP contribution in [-0.2, 0) is 0 Å². The average molecular weight is 281 g/mol. The molecule has 0 aliphatic heterocycles. The van der Waals surface area contributed by atoms with Crippen molar-refractivity contribution in [2.45, 2.75) is 0 Å². The highest BCUT2D eigenvalue weighted by Gasteiger charge is 2.12. The summed E-state index contributed by atoms with van der Waals surface area (Å²) in [5.74, 6) is 3.25. The van der Waals surface area contributed by atoms with Gasteiger partial charge in [-0.2, -0.15) is 0 Å². The van der Waals surface area contributed by atoms with E-state index >= 15 is 0 Å². The monoisotopic (exact) mass is 281 g/mol. The maximum absolute atomic E-state index is 14.0. The Morgan fingerprint density at radius 1 is 1.29 bits per heavy atom. The van der Waals surface area contributed by atoms with Gasteiger partial charge < -0.3 is 5.11 Å². The number of fused-ring (bicyclic) bond motifs is 1. The van der Waals surface area contributed by atoms with Crippen LogP contribution >= 0.6 is 0 Å². The molecule has 0 atom stereocenters. The lowest BCUT2D eigenvalue weighted by Gasteiger charge is -1.98. The Hall–Kier alpha value is -3.20. The summed E-state index contributed by atoms with van der Waals surface area (Å²) in [6.07, 6.45) is 6.40. The van der Waals surface area contributed by atoms with Gasteiger partial charge in [-0.1, -0.05) is 12.0 Å². The maximum Gasteiger partial charge on any atom is 0.338 e. The van der Waals surface area contributed by atoms with Crippen LogP contribution in [0, 0.1) is 17.7 Å². The van der Waals surface area contributed by atoms with Gasteiger partial charge in [0, 0.05) is 12.4 Å². The van der Waals surface area contributed by atoms with Crippen LogP contribution in [0.5, 0.6) is 0 Å². The van der Waals surface area contributed by atoms with E-state index in [-0.39, 0.29) is 5.56 Å². The van der Waals surface area contributed by atoms with Crippen LogP contribution in [0.25, 0.3) is 5.65 Å². The molecule has 6 heteroatoms. The highest BCUT2D eigenvalue weighted by molar-refractivity contribution is 5.88. The molecule has 0 amide bonds. The number of carboxylic acid groups (broad SMARTS) is 1. The molecule has 0 bridgehead atoms. The Morgan fingerprint density at radius 2 is 2.14 bits per heavy atom. The maximum atomic E-state index is 14.0. The molecule has 3 rings (SSSR count). The molecular formula is C15H8FN3O2. The van der Waals surface area contributed by atoms with Gasteiger partial charge in [0.25, 0.3) is 0 Å². The van der Waals surface area contributed by atoms with E-state index in [0.29, 0.717) is 11.3 Å². The van der Waals surface area contributed by atoms with Gasteiger partial charge in [0.15, 0.2) is 11.5 Å². The number of hydrogen-bond acceptors (Lipinski definition) is 3. The van der Waals surface area contributed by atoms with Crippen LogP contribution in [0.1, 0.15) is 21.6 Å². The van der Waals surface area contributed by atoms with Crippen molar-refractivity contribution >= 4 is 11.6 Å². The Bertz CT molecular complexity index is 906. The van der Waals surface area contributed by atoms with E-state index < -0.39 is 17.3 Å². The second-order valence-corrected chi connectivity index (χ2v) is 4.17. The number of carbonyl (C=O) groups is 1. The molecule has 0 saturated carbocycles. The van der Waals surface area contributed by atoms with Crippen molar-refractivity contribution < 1.29 is 14.3 Å². The third-order valence-electron chi connectivity index (χ3n) is 2.87. The molecular weight excluding hydrogens is 273 g/mol. The number of imidazole rings is 1. The molecule has 0 unspecified atom stereocenters. The number of benzene rings is 1. The number of halogens is 1. The quantitative estimate of drug-likeness (QED) is 0.692. The van der Waals surface area contributed by atoms with E-state index in [1.54, 1.807) is 29.2 Å². The Labute approximate surface area is 118 Å². The second kappa shape index (κ2) is 5.06. The lowest BCUT2D eigenvalue weighted by Crippen LogP contribution is -2.01. The molecule has 3 aromatic rings. The highest BCUT2D eigenvalue weighted by Crippen LogP contribution is 2.12. The van der Waals surface area contributed by atoms with Crippen molar-refractivity contribution in [1.82, 2.24) is 14.4 Å². The van der Waals surface area contributed by atoms with Gasteiger partial charge in [-0.3, -0.25) is 9.38 Å². The van der Waals surface area contributed by atoms with Crippen molar-refractivity contribution in [1.29, 1.82) is 0 Å². The fourth-order valence-corrected chi connectivity index (χ4v) is 1.86. The smallest absolute Gasteiger partial charge is 0.338 e. The summed E-state index contributed by atoms with van der Waals surface area (Å²) in [5, 5.41) is 8.87. The molecule has 2 heterocycles. The normalized spacial score (nSPS) is 10.1. The molecule has 0 aliphatic carbocycles. The topological polar surface area (TPSA) is 67.5 Å². The number of aromatic nitrogens is 3. The first kappa shape index (κ1) is 12.8. The fourth-order valence-electron chi connectivity index (χ4n) is 1.86. The molecule has 1 N–H and O–H groups in total. The van der Waals surface area contributed by atoms with E-state index in [9.17, 15) is 9.18 Å². The Kier molecular flexibility index (Phi) is 3.09. The Balaban J connectivity index is 2.06. The highest BCUT2D eigenvalue weighted by atomic mass is 19.1. The average Bonchev–Trinajstić information content (AvgIpc) is 2.89. The predicted octanol–water partition coefficient (Wildman–Crippen LogP) is 1.97. The summed E-state index contributed by atoms with van der Waals surface area (Å²) in [7, 11) is 0. The first-order valence-corrected chi connectivity index (χ1v) is 5.98. The van der Waals surface area contributed by atoms with Gasteiger partial charge in [0.05, 0.1) is 23.5 Å². The van der Waals surface area contributed by atoms with Crippen LogP contribution in [0.2, 0.25) is 0 Å². The Morgan fingerprint density at radius 3 is 2.95 bits per heavy atom. The van der Waals surface area contributed by atoms with Crippen LogP contribution < -0.4 is 0 Å². The standard InChI is InChI=1S/C15H8FN3O2/c16-14-10(2-1-3-12(14)15(20)21)4-5-11-8-18-13-9-17-6-7-19(11)13/h1-3,6-9H,(H,20,21). The molecule has 21 heavy (non-hydrogen) atoms. The number of aromatic carboxylic acids is 1. The van der Waals surface area contributed by atoms with Crippen LogP contribution in [0.4, 0.5) is 4.39 Å². The summed E-state index contributed by atoms with van der Waals surface area (Å²) in [5.41, 5.74) is 0.817. The van der Waals surface area contributed by atoms with Crippen molar-refractivity contribution in [3.63, 3.8) is 0 Å². The van der Waals surface area contributed by atoms with E-state index in [4.69, 9.17) is 5.11 Å². The molecule has 5 nitrogen and oxygen atoms in total. The van der Waals surface area contributed by atoms with Gasteiger partial charge in [-0.15, -0.1) is 0 Å². The summed E-state index contributed by atoms with van der Waals surface area (Å²) in [4.78, 5) is 18.9. The summed E-state index contributed by atoms with van der Waals surface area (Å²) in [6, 6.07) is 4.08. The molecule has 0 saturated heterocycles. The van der Waals surface area contributed by atoms with Crippen molar-refractivity contribution in [3.05, 3.63) is 65.6 Å². The molecule has 0 aliphatic rings. The lowest BCUT2D eigenvalue weighted by molar-refractivity contribution is 0.0692. The SMILES string of the molecule is O=C(O)c1cccc(C#Cc2cnc3cnccn23)c1F. The van der Waals surface area contributed by atoms with E-state index in [2.05, 4.69) is 21.8 Å². The van der Waals surface area contributed by atoms with Crippen LogP contribution in [0.15, 0.2) is 43.0 Å². The number of rotatable bonds is 1. The summed E-state index contributed by atoms with van der Waals surface area (Å²) in [6.45, 7) is 0. The van der Waals surface area contributed by atoms with E-state index in [1.807, 2.05) is 0 Å². The van der Waals surface area contributed by atoms with Gasteiger partial charge in [-0.25, -0.2) is 14.2 Å². The molecule has 0 radical (unpaired) electrons. The van der Waals surface area contributed by atoms with Crippen molar-refractivity contribution in [2.75, 3.05) is 0 Å². The first-order valence-electron chi connectivity index (χ1n) is 5.98. The minimum absolute atomic E-state index is 0.0268. The minimum Gasteiger partial charge on any atom is -0.478 e. The molecule has 0 fully saturated rings. The van der Waals surface area contributed by atoms with E-state index in [0.717, 1.165) is 0 Å².